The zero-order valence-electron chi connectivity index (χ0n) is 14.5. The number of nitrogens with zero attached hydrogens (tertiary/aromatic N) is 2. The quantitative estimate of drug-likeness (QED) is 0.523. The van der Waals surface area contributed by atoms with E-state index in [1.165, 1.54) is 4.57 Å². The fourth-order valence-corrected chi connectivity index (χ4v) is 3.98. The number of carbonyl (C=O) groups excluding carboxylic acids is 1. The Kier molecular flexibility index (Phi) is 3.13. The fraction of sp³-hybridized carbons (Fsp3) is 0.250. The number of aliphatic hydroxyl groups is 1. The molecule has 0 unspecified atom stereocenters. The number of rotatable bonds is 1. The molecule has 0 fully saturated rings. The summed E-state index contributed by atoms with van der Waals surface area (Å²) in [6.45, 7) is 1.49. The Labute approximate surface area is 152 Å². The van der Waals surface area contributed by atoms with Crippen LogP contribution in [0, 0.1) is 5.82 Å². The molecule has 1 N–H and O–H groups in total. The van der Waals surface area contributed by atoms with Crippen molar-refractivity contribution < 1.29 is 19.0 Å². The summed E-state index contributed by atoms with van der Waals surface area (Å²) in [6.07, 6.45) is 0.0636. The highest BCUT2D eigenvalue weighted by atomic mass is 19.1. The van der Waals surface area contributed by atoms with Crippen molar-refractivity contribution in [1.29, 1.82) is 0 Å². The van der Waals surface area contributed by atoms with Crippen LogP contribution in [0.25, 0.3) is 22.3 Å². The van der Waals surface area contributed by atoms with Gasteiger partial charge in [-0.05, 0) is 24.6 Å². The van der Waals surface area contributed by atoms with Crippen LogP contribution in [0.2, 0.25) is 0 Å². The predicted molar refractivity (Wildman–Crippen MR) is 94.5 cm³/mol. The molecule has 136 valence electrons. The maximum absolute atomic E-state index is 15.0. The van der Waals surface area contributed by atoms with Crippen LogP contribution in [0.1, 0.15) is 30.0 Å². The van der Waals surface area contributed by atoms with E-state index in [1.54, 1.807) is 37.3 Å². The van der Waals surface area contributed by atoms with Crippen molar-refractivity contribution >= 4 is 16.9 Å². The normalized spacial score (nSPS) is 20.2. The number of cyclic esters (lactones) is 1. The Balaban J connectivity index is 1.84. The maximum atomic E-state index is 15.0. The Hall–Kier alpha value is -3.06. The van der Waals surface area contributed by atoms with Gasteiger partial charge in [0.1, 0.15) is 12.4 Å². The van der Waals surface area contributed by atoms with Gasteiger partial charge in [0.25, 0.3) is 5.56 Å². The second kappa shape index (κ2) is 5.23. The topological polar surface area (TPSA) is 81.4 Å². The van der Waals surface area contributed by atoms with Crippen LogP contribution >= 0.6 is 0 Å². The van der Waals surface area contributed by atoms with Crippen molar-refractivity contribution in [3.05, 3.63) is 63.2 Å². The monoisotopic (exact) mass is 366 g/mol. The minimum absolute atomic E-state index is 0.0545. The average molecular weight is 366 g/mol. The first kappa shape index (κ1) is 16.1. The summed E-state index contributed by atoms with van der Waals surface area (Å²) < 4.78 is 21.5. The summed E-state index contributed by atoms with van der Waals surface area (Å²) in [7, 11) is 0. The summed E-state index contributed by atoms with van der Waals surface area (Å²) in [5.74, 6) is -1.19. The van der Waals surface area contributed by atoms with Crippen molar-refractivity contribution in [3.8, 4) is 11.4 Å². The smallest absolute Gasteiger partial charge is 0.343 e. The molecule has 27 heavy (non-hydrogen) atoms. The van der Waals surface area contributed by atoms with Gasteiger partial charge in [-0.25, -0.2) is 14.2 Å². The van der Waals surface area contributed by atoms with Gasteiger partial charge in [0, 0.05) is 16.5 Å². The molecule has 2 aliphatic heterocycles. The van der Waals surface area contributed by atoms with Gasteiger partial charge < -0.3 is 14.4 Å². The van der Waals surface area contributed by atoms with E-state index in [2.05, 4.69) is 4.98 Å². The molecule has 3 aromatic rings. The molecule has 0 saturated carbocycles. The lowest BCUT2D eigenvalue weighted by Crippen LogP contribution is -2.44. The van der Waals surface area contributed by atoms with E-state index in [1.807, 2.05) is 0 Å². The largest absolute Gasteiger partial charge is 0.458 e. The number of esters is 1. The molecule has 2 aromatic heterocycles. The molecule has 1 atom stereocenters. The van der Waals surface area contributed by atoms with E-state index < -0.39 is 22.9 Å². The van der Waals surface area contributed by atoms with Crippen LogP contribution in [0.3, 0.4) is 0 Å². The van der Waals surface area contributed by atoms with Gasteiger partial charge in [0.2, 0.25) is 0 Å². The molecule has 0 radical (unpaired) electrons. The Morgan fingerprint density at radius 2 is 2.07 bits per heavy atom. The molecule has 5 rings (SSSR count). The van der Waals surface area contributed by atoms with E-state index in [9.17, 15) is 14.7 Å². The molecule has 4 heterocycles. The lowest BCUT2D eigenvalue weighted by molar-refractivity contribution is -0.172. The molecule has 0 saturated heterocycles. The molecule has 2 aliphatic rings. The van der Waals surface area contributed by atoms with Gasteiger partial charge in [-0.15, -0.1) is 0 Å². The van der Waals surface area contributed by atoms with Gasteiger partial charge in [0.15, 0.2) is 5.60 Å². The van der Waals surface area contributed by atoms with E-state index in [4.69, 9.17) is 4.74 Å². The van der Waals surface area contributed by atoms with Crippen LogP contribution in [0.4, 0.5) is 4.39 Å². The minimum atomic E-state index is -1.89. The molecular formula is C20H15FN2O4. The first-order valence-electron chi connectivity index (χ1n) is 8.70. The highest BCUT2D eigenvalue weighted by Crippen LogP contribution is 2.39. The first-order chi connectivity index (χ1) is 13.0. The highest BCUT2D eigenvalue weighted by Gasteiger charge is 2.45. The Morgan fingerprint density at radius 3 is 2.85 bits per heavy atom. The predicted octanol–water partition coefficient (Wildman–Crippen LogP) is 2.22. The third-order valence-corrected chi connectivity index (χ3v) is 5.53. The number of hydrogen-bond acceptors (Lipinski definition) is 5. The number of carbonyl (C=O) groups is 1. The van der Waals surface area contributed by atoms with Crippen LogP contribution in [-0.4, -0.2) is 20.6 Å². The second-order valence-electron chi connectivity index (χ2n) is 6.87. The number of halogens is 1. The van der Waals surface area contributed by atoms with E-state index >= 15 is 4.39 Å². The molecule has 7 heteroatoms. The summed E-state index contributed by atoms with van der Waals surface area (Å²) in [5.41, 5.74) is -0.258. The number of hydrogen-bond donors (Lipinski definition) is 1. The van der Waals surface area contributed by atoms with Gasteiger partial charge in [0.05, 0.1) is 29.0 Å². The lowest BCUT2D eigenvalue weighted by atomic mass is 9.86. The van der Waals surface area contributed by atoms with Gasteiger partial charge in [-0.2, -0.15) is 0 Å². The molecule has 1 aromatic carbocycles. The number of benzene rings is 1. The number of para-hydroxylation sites is 1. The number of aromatic nitrogens is 2. The van der Waals surface area contributed by atoms with Crippen LogP contribution in [0.5, 0.6) is 0 Å². The third-order valence-electron chi connectivity index (χ3n) is 5.53. The van der Waals surface area contributed by atoms with Crippen molar-refractivity contribution in [1.82, 2.24) is 9.55 Å². The summed E-state index contributed by atoms with van der Waals surface area (Å²) in [6, 6.07) is 8.43. The average Bonchev–Trinajstić information content (AvgIpc) is 3.05. The third kappa shape index (κ3) is 1.94. The van der Waals surface area contributed by atoms with E-state index in [-0.39, 0.29) is 30.7 Å². The number of ether oxygens (including phenoxy) is 1. The van der Waals surface area contributed by atoms with Gasteiger partial charge >= 0.3 is 5.97 Å². The Bertz CT molecular complexity index is 1220. The zero-order valence-corrected chi connectivity index (χ0v) is 14.5. The number of pyridine rings is 2. The van der Waals surface area contributed by atoms with Crippen LogP contribution in [-0.2, 0) is 28.3 Å². The fourth-order valence-electron chi connectivity index (χ4n) is 3.98. The molecule has 0 amide bonds. The van der Waals surface area contributed by atoms with Crippen LogP contribution in [0.15, 0.2) is 35.1 Å². The molecule has 0 aliphatic carbocycles. The lowest BCUT2D eigenvalue weighted by Gasteiger charge is -2.31. The summed E-state index contributed by atoms with van der Waals surface area (Å²) in [5, 5.41) is 11.2. The van der Waals surface area contributed by atoms with Crippen molar-refractivity contribution in [2.45, 2.75) is 32.1 Å². The minimum Gasteiger partial charge on any atom is -0.458 e. The number of fused-ring (bicyclic) bond motifs is 5. The highest BCUT2D eigenvalue weighted by molar-refractivity contribution is 5.86. The maximum Gasteiger partial charge on any atom is 0.343 e. The molecule has 0 bridgehead atoms. The van der Waals surface area contributed by atoms with Gasteiger partial charge in [-0.3, -0.25) is 4.79 Å². The Morgan fingerprint density at radius 1 is 1.30 bits per heavy atom. The van der Waals surface area contributed by atoms with Gasteiger partial charge in [-0.1, -0.05) is 19.1 Å². The summed E-state index contributed by atoms with van der Waals surface area (Å²) >= 11 is 0. The van der Waals surface area contributed by atoms with E-state index in [0.717, 1.165) is 0 Å². The summed E-state index contributed by atoms with van der Waals surface area (Å²) in [4.78, 5) is 29.7. The second-order valence-corrected chi connectivity index (χ2v) is 6.87. The first-order valence-corrected chi connectivity index (χ1v) is 8.70. The SMILES string of the molecule is CC[C@@]1(O)C(=O)OCc2c1cc1n(c2=O)Cc2c-1nc1ccccc1c2F. The van der Waals surface area contributed by atoms with Crippen molar-refractivity contribution in [3.63, 3.8) is 0 Å². The molecule has 6 nitrogen and oxygen atoms in total. The molecule has 0 spiro atoms. The van der Waals surface area contributed by atoms with Crippen molar-refractivity contribution in [2.24, 2.45) is 0 Å². The van der Waals surface area contributed by atoms with Crippen LogP contribution < -0.4 is 5.56 Å². The van der Waals surface area contributed by atoms with Crippen molar-refractivity contribution in [2.75, 3.05) is 0 Å². The molecular weight excluding hydrogens is 351 g/mol. The van der Waals surface area contributed by atoms with E-state index in [0.29, 0.717) is 27.9 Å². The standard InChI is InChI=1S/C20H15FN2O4/c1-2-20(26)13-7-15-17-11(16(21)10-5-3-4-6-14(10)22-17)8-23(15)18(24)12(13)9-27-19(20)25/h3-7,26H,2,8-9H2,1H3/t20-/m0/s1. The zero-order chi connectivity index (χ0) is 18.9.